The molecule has 0 aromatic heterocycles. The summed E-state index contributed by atoms with van der Waals surface area (Å²) in [6, 6.07) is 0. The fraction of sp³-hybridized carbons (Fsp3) is 1.00. The third kappa shape index (κ3) is 4.39. The van der Waals surface area contributed by atoms with Gasteiger partial charge >= 0.3 is 0 Å². The van der Waals surface area contributed by atoms with Crippen LogP contribution >= 0.6 is 12.4 Å². The monoisotopic (exact) mass is 282 g/mol. The molecule has 0 aliphatic heterocycles. The van der Waals surface area contributed by atoms with Crippen molar-refractivity contribution in [2.45, 2.75) is 62.2 Å². The Balaban J connectivity index is 0.00000144. The molecule has 2 saturated carbocycles. The minimum absolute atomic E-state index is 0. The Hall–Kier alpha value is 0.160. The van der Waals surface area contributed by atoms with E-state index in [9.17, 15) is 8.42 Å². The first-order valence-corrected chi connectivity index (χ1v) is 7.84. The van der Waals surface area contributed by atoms with Crippen LogP contribution in [0.1, 0.15) is 51.4 Å². The third-order valence-corrected chi connectivity index (χ3v) is 5.58. The van der Waals surface area contributed by atoms with Gasteiger partial charge in [-0.1, -0.05) is 25.7 Å². The molecule has 0 unspecified atom stereocenters. The molecule has 6 heteroatoms. The Morgan fingerprint density at radius 3 is 2.12 bits per heavy atom. The Labute approximate surface area is 110 Å². The maximum absolute atomic E-state index is 11.7. The predicted octanol–water partition coefficient (Wildman–Crippen LogP) is 1.54. The molecule has 0 aromatic carbocycles. The van der Waals surface area contributed by atoms with E-state index >= 15 is 0 Å². The lowest BCUT2D eigenvalue weighted by molar-refractivity contribution is 0.369. The van der Waals surface area contributed by atoms with Crippen molar-refractivity contribution in [1.29, 1.82) is 0 Å². The van der Waals surface area contributed by atoms with Gasteiger partial charge in [-0.25, -0.2) is 13.1 Å². The van der Waals surface area contributed by atoms with Crippen molar-refractivity contribution in [2.24, 2.45) is 5.73 Å². The summed E-state index contributed by atoms with van der Waals surface area (Å²) < 4.78 is 26.1. The molecule has 4 nitrogen and oxygen atoms in total. The Morgan fingerprint density at radius 2 is 1.65 bits per heavy atom. The first-order valence-electron chi connectivity index (χ1n) is 6.29. The van der Waals surface area contributed by atoms with Crippen LogP contribution in [0, 0.1) is 0 Å². The second-order valence-corrected chi connectivity index (χ2v) is 7.39. The number of nitrogens with two attached hydrogens (primary N) is 1. The number of hydrogen-bond acceptors (Lipinski definition) is 3. The molecule has 102 valence electrons. The molecule has 2 aliphatic carbocycles. The van der Waals surface area contributed by atoms with Crippen molar-refractivity contribution in [2.75, 3.05) is 6.54 Å². The van der Waals surface area contributed by atoms with Crippen molar-refractivity contribution in [3.63, 3.8) is 0 Å². The van der Waals surface area contributed by atoms with Crippen molar-refractivity contribution < 1.29 is 8.42 Å². The van der Waals surface area contributed by atoms with Gasteiger partial charge in [0.05, 0.1) is 5.25 Å². The molecule has 17 heavy (non-hydrogen) atoms. The Kier molecular flexibility index (Phi) is 5.25. The van der Waals surface area contributed by atoms with Crippen LogP contribution in [0.25, 0.3) is 0 Å². The molecule has 0 radical (unpaired) electrons. The summed E-state index contributed by atoms with van der Waals surface area (Å²) >= 11 is 0. The lowest BCUT2D eigenvalue weighted by atomic mass is 9.92. The number of nitrogens with one attached hydrogen (secondary N) is 1. The average molecular weight is 283 g/mol. The van der Waals surface area contributed by atoms with Crippen LogP contribution < -0.4 is 10.5 Å². The van der Waals surface area contributed by atoms with Crippen LogP contribution in [0.3, 0.4) is 0 Å². The molecular formula is C11H23ClN2O2S. The molecule has 0 heterocycles. The summed E-state index contributed by atoms with van der Waals surface area (Å²) in [5, 5.41) is -0.137. The van der Waals surface area contributed by atoms with Gasteiger partial charge in [0.15, 0.2) is 0 Å². The molecule has 2 aliphatic rings. The lowest BCUT2D eigenvalue weighted by Crippen LogP contribution is -2.50. The van der Waals surface area contributed by atoms with E-state index in [1.807, 2.05) is 0 Å². The maximum Gasteiger partial charge on any atom is 0.214 e. The van der Waals surface area contributed by atoms with Crippen LogP contribution in [0.4, 0.5) is 0 Å². The fourth-order valence-electron chi connectivity index (χ4n) is 2.35. The number of rotatable bonds is 4. The summed E-state index contributed by atoms with van der Waals surface area (Å²) in [5.41, 5.74) is 5.95. The lowest BCUT2D eigenvalue weighted by Gasteiger charge is -2.28. The van der Waals surface area contributed by atoms with Crippen LogP contribution in [-0.2, 0) is 10.0 Å². The molecule has 0 aromatic rings. The first-order chi connectivity index (χ1) is 7.52. The van der Waals surface area contributed by atoms with E-state index < -0.39 is 10.0 Å². The maximum atomic E-state index is 11.7. The molecule has 0 atom stereocenters. The van der Waals surface area contributed by atoms with E-state index in [-0.39, 0.29) is 23.2 Å². The minimum atomic E-state index is -3.07. The van der Waals surface area contributed by atoms with Gasteiger partial charge in [0.25, 0.3) is 0 Å². The first kappa shape index (κ1) is 15.2. The van der Waals surface area contributed by atoms with Gasteiger partial charge < -0.3 is 5.73 Å². The molecular weight excluding hydrogens is 260 g/mol. The van der Waals surface area contributed by atoms with Crippen molar-refractivity contribution in [3.05, 3.63) is 0 Å². The molecule has 2 fully saturated rings. The largest absolute Gasteiger partial charge is 0.324 e. The van der Waals surface area contributed by atoms with Crippen LogP contribution in [0.2, 0.25) is 0 Å². The fourth-order valence-corrected chi connectivity index (χ4v) is 3.83. The summed E-state index contributed by atoms with van der Waals surface area (Å²) in [6.45, 7) is 0.422. The van der Waals surface area contributed by atoms with Gasteiger partial charge in [-0.05, 0) is 25.7 Å². The van der Waals surface area contributed by atoms with Gasteiger partial charge in [0.1, 0.15) is 0 Å². The van der Waals surface area contributed by atoms with E-state index in [1.54, 1.807) is 0 Å². The van der Waals surface area contributed by atoms with Crippen molar-refractivity contribution in [1.82, 2.24) is 4.72 Å². The predicted molar refractivity (Wildman–Crippen MR) is 71.8 cm³/mol. The average Bonchev–Trinajstić information content (AvgIpc) is 3.02. The Bertz CT molecular complexity index is 333. The highest BCUT2D eigenvalue weighted by Crippen LogP contribution is 2.29. The molecule has 3 N–H and O–H groups in total. The highest BCUT2D eigenvalue weighted by atomic mass is 35.5. The number of hydrogen-bond donors (Lipinski definition) is 2. The standard InChI is InChI=1S/C11H22N2O2S.ClH/c12-11(7-3-1-2-4-8-11)9-13-16(14,15)10-5-6-10;/h10,13H,1-9,12H2;1H. The minimum Gasteiger partial charge on any atom is -0.324 e. The number of sulfonamides is 1. The molecule has 0 amide bonds. The summed E-state index contributed by atoms with van der Waals surface area (Å²) in [5.74, 6) is 0. The molecule has 0 saturated heterocycles. The quantitative estimate of drug-likeness (QED) is 0.769. The van der Waals surface area contributed by atoms with E-state index in [1.165, 1.54) is 12.8 Å². The summed E-state index contributed by atoms with van der Waals surface area (Å²) in [4.78, 5) is 0. The highest BCUT2D eigenvalue weighted by molar-refractivity contribution is 7.90. The topological polar surface area (TPSA) is 72.2 Å². The summed E-state index contributed by atoms with van der Waals surface area (Å²) in [7, 11) is -3.07. The smallest absolute Gasteiger partial charge is 0.214 e. The van der Waals surface area contributed by atoms with E-state index in [2.05, 4.69) is 4.72 Å². The van der Waals surface area contributed by atoms with Crippen LogP contribution in [0.15, 0.2) is 0 Å². The summed E-state index contributed by atoms with van der Waals surface area (Å²) in [6.07, 6.45) is 8.23. The SMILES string of the molecule is Cl.NC1(CNS(=O)(=O)C2CC2)CCCCCC1. The van der Waals surface area contributed by atoms with E-state index in [4.69, 9.17) is 5.73 Å². The molecule has 0 spiro atoms. The zero-order valence-corrected chi connectivity index (χ0v) is 11.8. The zero-order chi connectivity index (χ0) is 11.6. The molecule has 2 rings (SSSR count). The van der Waals surface area contributed by atoms with Gasteiger partial charge in [-0.15, -0.1) is 12.4 Å². The second kappa shape index (κ2) is 5.87. The third-order valence-electron chi connectivity index (χ3n) is 3.69. The van der Waals surface area contributed by atoms with Gasteiger partial charge in [-0.2, -0.15) is 0 Å². The van der Waals surface area contributed by atoms with E-state index in [0.29, 0.717) is 6.54 Å². The van der Waals surface area contributed by atoms with Gasteiger partial charge in [0.2, 0.25) is 10.0 Å². The van der Waals surface area contributed by atoms with Gasteiger partial charge in [-0.3, -0.25) is 0 Å². The second-order valence-electron chi connectivity index (χ2n) is 5.34. The zero-order valence-electron chi connectivity index (χ0n) is 10.2. The van der Waals surface area contributed by atoms with Crippen LogP contribution in [0.5, 0.6) is 0 Å². The van der Waals surface area contributed by atoms with Crippen molar-refractivity contribution in [3.8, 4) is 0 Å². The highest BCUT2D eigenvalue weighted by Gasteiger charge is 2.37. The Morgan fingerprint density at radius 1 is 1.12 bits per heavy atom. The normalized spacial score (nSPS) is 24.8. The van der Waals surface area contributed by atoms with Crippen molar-refractivity contribution >= 4 is 22.4 Å². The number of halogens is 1. The van der Waals surface area contributed by atoms with Crippen LogP contribution in [-0.4, -0.2) is 25.8 Å². The van der Waals surface area contributed by atoms with Gasteiger partial charge in [0, 0.05) is 12.1 Å². The van der Waals surface area contributed by atoms with E-state index in [0.717, 1.165) is 38.5 Å². The molecule has 0 bridgehead atoms.